The lowest BCUT2D eigenvalue weighted by Gasteiger charge is -2.12. The van der Waals surface area contributed by atoms with Gasteiger partial charge in [0.1, 0.15) is 0 Å². The Morgan fingerprint density at radius 3 is 2.32 bits per heavy atom. The summed E-state index contributed by atoms with van der Waals surface area (Å²) in [5, 5.41) is 2.74. The topological polar surface area (TPSA) is 75.4 Å². The van der Waals surface area contributed by atoms with Crippen molar-refractivity contribution in [1.29, 1.82) is 0 Å². The van der Waals surface area contributed by atoms with Crippen LogP contribution in [-0.2, 0) is 16.0 Å². The molecule has 1 unspecified atom stereocenters. The number of hydrogen-bond acceptors (Lipinski definition) is 3. The second-order valence-corrected chi connectivity index (χ2v) is 4.67. The van der Waals surface area contributed by atoms with Crippen LogP contribution in [0.15, 0.2) is 24.3 Å². The quantitative estimate of drug-likeness (QED) is 0.832. The third kappa shape index (κ3) is 4.71. The van der Waals surface area contributed by atoms with Gasteiger partial charge in [-0.1, -0.05) is 19.1 Å². The van der Waals surface area contributed by atoms with Crippen LogP contribution in [0.4, 0.5) is 5.69 Å². The SMILES string of the molecule is CCC(N)C(=O)Nc1ccc(CC(=O)N(C)C)cc1. The van der Waals surface area contributed by atoms with Crippen LogP contribution in [0.2, 0.25) is 0 Å². The zero-order valence-corrected chi connectivity index (χ0v) is 11.6. The van der Waals surface area contributed by atoms with E-state index in [1.165, 1.54) is 0 Å². The fourth-order valence-electron chi connectivity index (χ4n) is 1.46. The molecule has 0 fully saturated rings. The van der Waals surface area contributed by atoms with Crippen molar-refractivity contribution in [3.05, 3.63) is 29.8 Å². The van der Waals surface area contributed by atoms with E-state index in [9.17, 15) is 9.59 Å². The lowest BCUT2D eigenvalue weighted by atomic mass is 10.1. The fourth-order valence-corrected chi connectivity index (χ4v) is 1.46. The summed E-state index contributed by atoms with van der Waals surface area (Å²) in [5.74, 6) is -0.149. The molecule has 3 N–H and O–H groups in total. The normalized spacial score (nSPS) is 11.8. The van der Waals surface area contributed by atoms with Crippen LogP contribution in [0, 0.1) is 0 Å². The summed E-state index contributed by atoms with van der Waals surface area (Å²) in [6, 6.07) is 6.72. The van der Waals surface area contributed by atoms with Gasteiger partial charge in [-0.2, -0.15) is 0 Å². The van der Waals surface area contributed by atoms with E-state index in [1.54, 1.807) is 31.1 Å². The first-order chi connectivity index (χ1) is 8.93. The molecule has 104 valence electrons. The van der Waals surface area contributed by atoms with Crippen LogP contribution in [0.25, 0.3) is 0 Å². The first kappa shape index (κ1) is 15.2. The summed E-state index contributed by atoms with van der Waals surface area (Å²) in [6.45, 7) is 1.86. The highest BCUT2D eigenvalue weighted by Crippen LogP contribution is 2.11. The van der Waals surface area contributed by atoms with Crippen LogP contribution in [0.5, 0.6) is 0 Å². The zero-order chi connectivity index (χ0) is 14.4. The van der Waals surface area contributed by atoms with Crippen LogP contribution < -0.4 is 11.1 Å². The van der Waals surface area contributed by atoms with Gasteiger partial charge in [-0.25, -0.2) is 0 Å². The van der Waals surface area contributed by atoms with Gasteiger partial charge in [0, 0.05) is 19.8 Å². The van der Waals surface area contributed by atoms with Gasteiger partial charge in [0.15, 0.2) is 0 Å². The molecule has 0 saturated carbocycles. The van der Waals surface area contributed by atoms with E-state index in [1.807, 2.05) is 19.1 Å². The molecular formula is C14H21N3O2. The summed E-state index contributed by atoms with van der Waals surface area (Å²) < 4.78 is 0. The van der Waals surface area contributed by atoms with Gasteiger partial charge in [0.2, 0.25) is 11.8 Å². The van der Waals surface area contributed by atoms with E-state index in [2.05, 4.69) is 5.32 Å². The van der Waals surface area contributed by atoms with Gasteiger partial charge in [0.25, 0.3) is 0 Å². The highest BCUT2D eigenvalue weighted by Gasteiger charge is 2.11. The highest BCUT2D eigenvalue weighted by molar-refractivity contribution is 5.94. The number of nitrogens with two attached hydrogens (primary N) is 1. The Bertz CT molecular complexity index is 441. The van der Waals surface area contributed by atoms with Gasteiger partial charge < -0.3 is 16.0 Å². The number of carbonyl (C=O) groups is 2. The van der Waals surface area contributed by atoms with Crippen molar-refractivity contribution >= 4 is 17.5 Å². The minimum absolute atomic E-state index is 0.0461. The Morgan fingerprint density at radius 2 is 1.84 bits per heavy atom. The molecule has 0 aliphatic carbocycles. The average molecular weight is 263 g/mol. The molecule has 0 heterocycles. The maximum absolute atomic E-state index is 11.6. The van der Waals surface area contributed by atoms with Crippen LogP contribution >= 0.6 is 0 Å². The Kier molecular flexibility index (Phi) is 5.51. The summed E-state index contributed by atoms with van der Waals surface area (Å²) >= 11 is 0. The van der Waals surface area contributed by atoms with Gasteiger partial charge >= 0.3 is 0 Å². The minimum atomic E-state index is -0.491. The Morgan fingerprint density at radius 1 is 1.26 bits per heavy atom. The lowest BCUT2D eigenvalue weighted by molar-refractivity contribution is -0.128. The van der Waals surface area contributed by atoms with Crippen molar-refractivity contribution in [2.45, 2.75) is 25.8 Å². The van der Waals surface area contributed by atoms with Gasteiger partial charge in [-0.15, -0.1) is 0 Å². The van der Waals surface area contributed by atoms with E-state index in [0.717, 1.165) is 5.56 Å². The standard InChI is InChI=1S/C14H21N3O2/c1-4-12(15)14(19)16-11-7-5-10(6-8-11)9-13(18)17(2)3/h5-8,12H,4,9,15H2,1-3H3,(H,16,19). The maximum atomic E-state index is 11.6. The fraction of sp³-hybridized carbons (Fsp3) is 0.429. The Labute approximate surface area is 113 Å². The van der Waals surface area contributed by atoms with Gasteiger partial charge in [-0.3, -0.25) is 9.59 Å². The summed E-state index contributed by atoms with van der Waals surface area (Å²) in [4.78, 5) is 24.7. The summed E-state index contributed by atoms with van der Waals surface area (Å²) in [6.07, 6.45) is 0.955. The second kappa shape index (κ2) is 6.89. The Hall–Kier alpha value is -1.88. The predicted molar refractivity (Wildman–Crippen MR) is 75.7 cm³/mol. The molecule has 1 aromatic carbocycles. The van der Waals surface area contributed by atoms with E-state index in [4.69, 9.17) is 5.73 Å². The molecule has 0 spiro atoms. The number of carbonyl (C=O) groups excluding carboxylic acids is 2. The zero-order valence-electron chi connectivity index (χ0n) is 11.6. The number of nitrogens with zero attached hydrogens (tertiary/aromatic N) is 1. The smallest absolute Gasteiger partial charge is 0.241 e. The molecule has 0 aromatic heterocycles. The molecule has 19 heavy (non-hydrogen) atoms. The molecule has 0 radical (unpaired) electrons. The average Bonchev–Trinajstić information content (AvgIpc) is 2.39. The molecule has 1 rings (SSSR count). The number of likely N-dealkylation sites (N-methyl/N-ethyl adjacent to an activating group) is 1. The van der Waals surface area contributed by atoms with E-state index in [0.29, 0.717) is 18.5 Å². The maximum Gasteiger partial charge on any atom is 0.241 e. The molecule has 0 saturated heterocycles. The first-order valence-electron chi connectivity index (χ1n) is 6.29. The summed E-state index contributed by atoms with van der Waals surface area (Å²) in [5.41, 5.74) is 7.23. The van der Waals surface area contributed by atoms with Crippen molar-refractivity contribution in [2.75, 3.05) is 19.4 Å². The van der Waals surface area contributed by atoms with Crippen molar-refractivity contribution < 1.29 is 9.59 Å². The van der Waals surface area contributed by atoms with Crippen molar-refractivity contribution in [2.24, 2.45) is 5.73 Å². The molecule has 0 aliphatic heterocycles. The van der Waals surface area contributed by atoms with E-state index < -0.39 is 6.04 Å². The largest absolute Gasteiger partial charge is 0.349 e. The number of nitrogens with one attached hydrogen (secondary N) is 1. The molecule has 0 aliphatic rings. The van der Waals surface area contributed by atoms with Crippen LogP contribution in [0.1, 0.15) is 18.9 Å². The molecule has 1 aromatic rings. The first-order valence-corrected chi connectivity index (χ1v) is 6.29. The van der Waals surface area contributed by atoms with Crippen LogP contribution in [-0.4, -0.2) is 36.9 Å². The van der Waals surface area contributed by atoms with Crippen molar-refractivity contribution in [1.82, 2.24) is 4.90 Å². The second-order valence-electron chi connectivity index (χ2n) is 4.67. The Balaban J connectivity index is 2.62. The van der Waals surface area contributed by atoms with Crippen molar-refractivity contribution in [3.63, 3.8) is 0 Å². The number of rotatable bonds is 5. The number of benzene rings is 1. The summed E-state index contributed by atoms with van der Waals surface area (Å²) in [7, 11) is 3.45. The molecule has 5 heteroatoms. The van der Waals surface area contributed by atoms with Gasteiger partial charge in [0.05, 0.1) is 12.5 Å². The monoisotopic (exact) mass is 263 g/mol. The van der Waals surface area contributed by atoms with Crippen LogP contribution in [0.3, 0.4) is 0 Å². The number of anilines is 1. The molecule has 5 nitrogen and oxygen atoms in total. The van der Waals surface area contributed by atoms with Gasteiger partial charge in [-0.05, 0) is 24.1 Å². The number of amides is 2. The minimum Gasteiger partial charge on any atom is -0.349 e. The van der Waals surface area contributed by atoms with E-state index in [-0.39, 0.29) is 11.8 Å². The number of hydrogen-bond donors (Lipinski definition) is 2. The molecule has 1 atom stereocenters. The highest BCUT2D eigenvalue weighted by atomic mass is 16.2. The molecule has 2 amide bonds. The van der Waals surface area contributed by atoms with E-state index >= 15 is 0 Å². The third-order valence-electron chi connectivity index (χ3n) is 2.85. The third-order valence-corrected chi connectivity index (χ3v) is 2.85. The molecule has 0 bridgehead atoms. The predicted octanol–water partition coefficient (Wildman–Crippen LogP) is 0.993. The molecular weight excluding hydrogens is 242 g/mol. The lowest BCUT2D eigenvalue weighted by Crippen LogP contribution is -2.34. The van der Waals surface area contributed by atoms with Crippen molar-refractivity contribution in [3.8, 4) is 0 Å².